The van der Waals surface area contributed by atoms with E-state index in [9.17, 15) is 4.79 Å². The average Bonchev–Trinajstić information content (AvgIpc) is 2.52. The molecule has 1 aliphatic rings. The van der Waals surface area contributed by atoms with Crippen LogP contribution in [0, 0.1) is 0 Å². The number of hydrogen-bond acceptors (Lipinski definition) is 5. The molecule has 0 aromatic heterocycles. The van der Waals surface area contributed by atoms with Crippen molar-refractivity contribution in [3.05, 3.63) is 12.3 Å². The maximum atomic E-state index is 10.6. The van der Waals surface area contributed by atoms with E-state index in [0.717, 1.165) is 19.5 Å². The fourth-order valence-electron chi connectivity index (χ4n) is 1.73. The molecule has 18 heavy (non-hydrogen) atoms. The summed E-state index contributed by atoms with van der Waals surface area (Å²) < 4.78 is 0. The summed E-state index contributed by atoms with van der Waals surface area (Å²) in [5, 5.41) is 15.2. The first-order valence-electron chi connectivity index (χ1n) is 5.78. The van der Waals surface area contributed by atoms with Gasteiger partial charge in [0.15, 0.2) is 0 Å². The number of carboxylic acids is 1. The Morgan fingerprint density at radius 2 is 2.06 bits per heavy atom. The molecular formula is C12H24N2O3S. The molecule has 1 heterocycles. The van der Waals surface area contributed by atoms with Crippen LogP contribution in [0.3, 0.4) is 0 Å². The number of likely N-dealkylation sites (N-methyl/N-ethyl adjacent to an activating group) is 1. The van der Waals surface area contributed by atoms with E-state index < -0.39 is 11.2 Å². The third-order valence-corrected chi connectivity index (χ3v) is 3.86. The van der Waals surface area contributed by atoms with Gasteiger partial charge in [-0.05, 0) is 27.3 Å². The van der Waals surface area contributed by atoms with Gasteiger partial charge in [0.2, 0.25) is 0 Å². The Balaban J connectivity index is 0.00000137. The molecule has 1 rings (SSSR count). The topological polar surface area (TPSA) is 64.0 Å². The number of aliphatic carboxylic acids is 1. The zero-order valence-corrected chi connectivity index (χ0v) is 12.4. The summed E-state index contributed by atoms with van der Waals surface area (Å²) in [4.78, 5) is 15.0. The SMILES string of the molecule is C=C1N(CCC(S)C(=O)O)CN(C)C1(C)C.CO. The minimum Gasteiger partial charge on any atom is -0.480 e. The molecular weight excluding hydrogens is 252 g/mol. The van der Waals surface area contributed by atoms with Crippen LogP contribution in [0.2, 0.25) is 0 Å². The molecule has 1 atom stereocenters. The van der Waals surface area contributed by atoms with Crippen LogP contribution in [-0.2, 0) is 4.79 Å². The second kappa shape index (κ2) is 7.01. The van der Waals surface area contributed by atoms with Crippen molar-refractivity contribution in [1.29, 1.82) is 0 Å². The van der Waals surface area contributed by atoms with Crippen LogP contribution in [0.1, 0.15) is 20.3 Å². The van der Waals surface area contributed by atoms with Crippen molar-refractivity contribution in [3.8, 4) is 0 Å². The van der Waals surface area contributed by atoms with E-state index in [0.29, 0.717) is 13.0 Å². The second-order valence-electron chi connectivity index (χ2n) is 4.75. The van der Waals surface area contributed by atoms with Gasteiger partial charge in [-0.1, -0.05) is 6.58 Å². The molecule has 1 saturated heterocycles. The summed E-state index contributed by atoms with van der Waals surface area (Å²) in [5.41, 5.74) is 0.996. The number of carbonyl (C=O) groups is 1. The number of hydrogen-bond donors (Lipinski definition) is 3. The van der Waals surface area contributed by atoms with E-state index >= 15 is 0 Å². The van der Waals surface area contributed by atoms with Gasteiger partial charge in [-0.15, -0.1) is 0 Å². The highest BCUT2D eigenvalue weighted by molar-refractivity contribution is 7.81. The van der Waals surface area contributed by atoms with Gasteiger partial charge in [0.1, 0.15) is 5.25 Å². The van der Waals surface area contributed by atoms with Crippen molar-refractivity contribution in [2.24, 2.45) is 0 Å². The summed E-state index contributed by atoms with van der Waals surface area (Å²) in [6, 6.07) is 0. The molecule has 0 bridgehead atoms. The maximum Gasteiger partial charge on any atom is 0.316 e. The van der Waals surface area contributed by atoms with E-state index in [4.69, 9.17) is 10.2 Å². The molecule has 1 unspecified atom stereocenters. The Bertz CT molecular complexity index is 308. The lowest BCUT2D eigenvalue weighted by atomic mass is 10.0. The third kappa shape index (κ3) is 3.90. The van der Waals surface area contributed by atoms with Crippen LogP contribution in [0.25, 0.3) is 0 Å². The number of rotatable bonds is 4. The summed E-state index contributed by atoms with van der Waals surface area (Å²) in [6.07, 6.45) is 0.529. The highest BCUT2D eigenvalue weighted by Gasteiger charge is 2.37. The monoisotopic (exact) mass is 276 g/mol. The molecule has 1 aliphatic heterocycles. The zero-order valence-electron chi connectivity index (χ0n) is 11.6. The molecule has 0 saturated carbocycles. The molecule has 106 valence electrons. The van der Waals surface area contributed by atoms with Crippen LogP contribution in [0.5, 0.6) is 0 Å². The molecule has 2 N–H and O–H groups in total. The lowest BCUT2D eigenvalue weighted by molar-refractivity contribution is -0.136. The molecule has 0 spiro atoms. The van der Waals surface area contributed by atoms with Gasteiger partial charge < -0.3 is 15.1 Å². The van der Waals surface area contributed by atoms with Crippen molar-refractivity contribution in [2.45, 2.75) is 31.1 Å². The predicted molar refractivity (Wildman–Crippen MR) is 75.7 cm³/mol. The van der Waals surface area contributed by atoms with Crippen LogP contribution in [0.4, 0.5) is 0 Å². The Morgan fingerprint density at radius 3 is 2.39 bits per heavy atom. The van der Waals surface area contributed by atoms with E-state index in [1.165, 1.54) is 0 Å². The van der Waals surface area contributed by atoms with E-state index in [1.807, 2.05) is 7.05 Å². The molecule has 0 aromatic rings. The Hall–Kier alpha value is -0.720. The minimum atomic E-state index is -0.860. The molecule has 6 heteroatoms. The number of nitrogens with zero attached hydrogens (tertiary/aromatic N) is 2. The second-order valence-corrected chi connectivity index (χ2v) is 5.37. The van der Waals surface area contributed by atoms with E-state index in [2.05, 4.69) is 42.9 Å². The van der Waals surface area contributed by atoms with Gasteiger partial charge in [0.25, 0.3) is 0 Å². The quantitative estimate of drug-likeness (QED) is 0.665. The van der Waals surface area contributed by atoms with Gasteiger partial charge in [-0.2, -0.15) is 12.6 Å². The molecule has 5 nitrogen and oxygen atoms in total. The first-order valence-corrected chi connectivity index (χ1v) is 6.29. The number of aliphatic hydroxyl groups is 1. The summed E-state index contributed by atoms with van der Waals surface area (Å²) in [5.74, 6) is -0.860. The van der Waals surface area contributed by atoms with Crippen LogP contribution in [0.15, 0.2) is 12.3 Å². The summed E-state index contributed by atoms with van der Waals surface area (Å²) in [6.45, 7) is 9.79. The number of carboxylic acid groups (broad SMARTS) is 1. The van der Waals surface area contributed by atoms with Gasteiger partial charge in [0.05, 0.1) is 12.2 Å². The Kier molecular flexibility index (Phi) is 6.73. The van der Waals surface area contributed by atoms with Gasteiger partial charge in [0, 0.05) is 19.4 Å². The van der Waals surface area contributed by atoms with Crippen molar-refractivity contribution < 1.29 is 15.0 Å². The van der Waals surface area contributed by atoms with Crippen LogP contribution >= 0.6 is 12.6 Å². The van der Waals surface area contributed by atoms with Gasteiger partial charge >= 0.3 is 5.97 Å². The van der Waals surface area contributed by atoms with Gasteiger partial charge in [-0.25, -0.2) is 0 Å². The molecule has 0 aliphatic carbocycles. The largest absolute Gasteiger partial charge is 0.480 e. The number of aliphatic hydroxyl groups excluding tert-OH is 1. The first-order chi connectivity index (χ1) is 8.26. The van der Waals surface area contributed by atoms with Crippen LogP contribution < -0.4 is 0 Å². The standard InChI is InChI=1S/C11H20N2O2S.CH4O/c1-8-11(2,3)12(4)7-13(8)6-5-9(16)10(14)15;1-2/h9,16H,1,5-7H2,2-4H3,(H,14,15);2H,1H3. The molecule has 1 fully saturated rings. The normalized spacial score (nSPS) is 20.3. The van der Waals surface area contributed by atoms with Crippen LogP contribution in [-0.4, -0.2) is 64.1 Å². The average molecular weight is 276 g/mol. The lowest BCUT2D eigenvalue weighted by Crippen LogP contribution is -2.35. The van der Waals surface area contributed by atoms with Crippen molar-refractivity contribution in [1.82, 2.24) is 9.80 Å². The predicted octanol–water partition coefficient (Wildman–Crippen LogP) is 0.865. The first kappa shape index (κ1) is 17.3. The van der Waals surface area contributed by atoms with Crippen molar-refractivity contribution >= 4 is 18.6 Å². The fraction of sp³-hybridized carbons (Fsp3) is 0.750. The summed E-state index contributed by atoms with van der Waals surface area (Å²) >= 11 is 4.02. The highest BCUT2D eigenvalue weighted by atomic mass is 32.1. The fourth-order valence-corrected chi connectivity index (χ4v) is 1.85. The maximum absolute atomic E-state index is 10.6. The molecule has 0 amide bonds. The number of thiol groups is 1. The summed E-state index contributed by atoms with van der Waals surface area (Å²) in [7, 11) is 3.04. The zero-order chi connectivity index (χ0) is 14.5. The van der Waals surface area contributed by atoms with Crippen molar-refractivity contribution in [2.75, 3.05) is 27.4 Å². The molecule has 0 radical (unpaired) electrons. The smallest absolute Gasteiger partial charge is 0.316 e. The van der Waals surface area contributed by atoms with E-state index in [-0.39, 0.29) is 5.54 Å². The Morgan fingerprint density at radius 1 is 1.56 bits per heavy atom. The van der Waals surface area contributed by atoms with Gasteiger partial charge in [-0.3, -0.25) is 9.69 Å². The minimum absolute atomic E-state index is 0.0463. The third-order valence-electron chi connectivity index (χ3n) is 3.38. The highest BCUT2D eigenvalue weighted by Crippen LogP contribution is 2.31. The van der Waals surface area contributed by atoms with E-state index in [1.54, 1.807) is 0 Å². The van der Waals surface area contributed by atoms with Crippen molar-refractivity contribution in [3.63, 3.8) is 0 Å². The molecule has 0 aromatic carbocycles. The Labute approximate surface area is 114 Å². The lowest BCUT2D eigenvalue weighted by Gasteiger charge is -2.27.